The maximum absolute atomic E-state index is 6.77. The first-order chi connectivity index (χ1) is 24.4. The Morgan fingerprint density at radius 1 is 0.706 bits per heavy atom. The Labute approximate surface area is 302 Å². The van der Waals surface area contributed by atoms with Crippen molar-refractivity contribution < 1.29 is 4.74 Å². The topological polar surface area (TPSA) is 44.9 Å². The average molecular weight is 675 g/mol. The summed E-state index contributed by atoms with van der Waals surface area (Å²) in [5.41, 5.74) is 10.7. The van der Waals surface area contributed by atoms with Crippen LogP contribution in [0, 0.1) is 5.92 Å². The maximum Gasteiger partial charge on any atom is 0.137 e. The van der Waals surface area contributed by atoms with Crippen molar-refractivity contribution in [2.75, 3.05) is 0 Å². The van der Waals surface area contributed by atoms with Crippen LogP contribution in [0.2, 0.25) is 0 Å². The van der Waals surface area contributed by atoms with Gasteiger partial charge in [-0.25, -0.2) is 9.67 Å². The molecular weight excluding hydrogens is 625 g/mol. The molecule has 7 rings (SSSR count). The summed E-state index contributed by atoms with van der Waals surface area (Å²) in [7, 11) is 0. The minimum absolute atomic E-state index is 0.0950. The largest absolute Gasteiger partial charge is 0.457 e. The molecule has 0 saturated heterocycles. The van der Waals surface area contributed by atoms with Crippen LogP contribution in [0.1, 0.15) is 96.4 Å². The van der Waals surface area contributed by atoms with E-state index in [1.807, 2.05) is 17.1 Å². The Morgan fingerprint density at radius 2 is 1.43 bits per heavy atom. The zero-order valence-electron chi connectivity index (χ0n) is 31.5. The number of hydrogen-bond donors (Lipinski definition) is 0. The van der Waals surface area contributed by atoms with Gasteiger partial charge in [0.1, 0.15) is 17.3 Å². The molecule has 5 nitrogen and oxygen atoms in total. The number of rotatable bonds is 9. The third-order valence-corrected chi connectivity index (χ3v) is 9.83. The molecule has 0 unspecified atom stereocenters. The summed E-state index contributed by atoms with van der Waals surface area (Å²) < 4.78 is 11.0. The van der Waals surface area contributed by atoms with Crippen molar-refractivity contribution in [1.82, 2.24) is 19.3 Å². The van der Waals surface area contributed by atoms with E-state index in [0.29, 0.717) is 17.8 Å². The van der Waals surface area contributed by atoms with Gasteiger partial charge in [0, 0.05) is 40.9 Å². The Hall–Kier alpha value is -5.16. The number of nitrogens with zero attached hydrogens (tertiary/aromatic N) is 4. The summed E-state index contributed by atoms with van der Waals surface area (Å²) in [6, 6.07) is 32.5. The molecule has 7 aromatic rings. The van der Waals surface area contributed by atoms with Crippen LogP contribution in [0.4, 0.5) is 0 Å². The second-order valence-corrected chi connectivity index (χ2v) is 16.0. The lowest BCUT2D eigenvalue weighted by atomic mass is 9.86. The predicted octanol–water partition coefficient (Wildman–Crippen LogP) is 12.6. The fourth-order valence-corrected chi connectivity index (χ4v) is 7.26. The first kappa shape index (κ1) is 34.3. The van der Waals surface area contributed by atoms with Crippen LogP contribution in [-0.2, 0) is 11.8 Å². The summed E-state index contributed by atoms with van der Waals surface area (Å²) in [6.07, 6.45) is 7.12. The highest BCUT2D eigenvalue weighted by molar-refractivity contribution is 6.09. The summed E-state index contributed by atoms with van der Waals surface area (Å²) in [4.78, 5) is 4.85. The Morgan fingerprint density at radius 3 is 2.14 bits per heavy atom. The van der Waals surface area contributed by atoms with Gasteiger partial charge in [0.05, 0.1) is 22.9 Å². The van der Waals surface area contributed by atoms with Gasteiger partial charge >= 0.3 is 0 Å². The van der Waals surface area contributed by atoms with E-state index in [9.17, 15) is 0 Å². The van der Waals surface area contributed by atoms with Gasteiger partial charge in [0.25, 0.3) is 0 Å². The normalized spacial score (nSPS) is 12.2. The molecule has 3 aromatic heterocycles. The molecule has 5 heteroatoms. The minimum Gasteiger partial charge on any atom is -0.457 e. The molecule has 0 aliphatic carbocycles. The lowest BCUT2D eigenvalue weighted by Crippen LogP contribution is -2.12. The number of pyridine rings is 1. The Kier molecular flexibility index (Phi) is 9.09. The standard InChI is InChI=1S/C46H50N4O/c1-29(2)21-32-19-20-47-44(22-32)50-42-16-11-10-13-40(42)41-18-17-36(26-43(41)50)51-37-24-34(46(7,8)9)23-35(25-37)49-28-33(27-48-49)45-38(30(3)4)14-12-15-39(45)31(5)6/h10-20,22-31H,21H2,1-9H3. The first-order valence-electron chi connectivity index (χ1n) is 18.4. The van der Waals surface area contributed by atoms with E-state index in [1.54, 1.807) is 0 Å². The molecule has 0 radical (unpaired) electrons. The summed E-state index contributed by atoms with van der Waals surface area (Å²) in [5, 5.41) is 7.29. The first-order valence-corrected chi connectivity index (χ1v) is 18.4. The van der Waals surface area contributed by atoms with Crippen LogP contribution >= 0.6 is 0 Å². The molecule has 0 spiro atoms. The lowest BCUT2D eigenvalue weighted by molar-refractivity contribution is 0.478. The fourth-order valence-electron chi connectivity index (χ4n) is 7.26. The average Bonchev–Trinajstić information content (AvgIpc) is 3.70. The van der Waals surface area contributed by atoms with Crippen molar-refractivity contribution in [3.8, 4) is 34.1 Å². The SMILES string of the molecule is CC(C)Cc1ccnc(-n2c3ccccc3c3ccc(Oc4cc(-n5cc(-c6c(C(C)C)cccc6C(C)C)cn5)cc(C(C)(C)C)c4)cc32)c1. The summed E-state index contributed by atoms with van der Waals surface area (Å²) in [6.45, 7) is 20.3. The zero-order chi connectivity index (χ0) is 36.0. The molecule has 0 N–H and O–H groups in total. The second-order valence-electron chi connectivity index (χ2n) is 16.0. The van der Waals surface area contributed by atoms with Crippen molar-refractivity contribution in [1.29, 1.82) is 0 Å². The highest BCUT2D eigenvalue weighted by Crippen LogP contribution is 2.39. The predicted molar refractivity (Wildman–Crippen MR) is 213 cm³/mol. The zero-order valence-corrected chi connectivity index (χ0v) is 31.5. The Bertz CT molecular complexity index is 2320. The van der Waals surface area contributed by atoms with Crippen molar-refractivity contribution in [3.63, 3.8) is 0 Å². The van der Waals surface area contributed by atoms with Gasteiger partial charge in [-0.2, -0.15) is 5.10 Å². The highest BCUT2D eigenvalue weighted by atomic mass is 16.5. The fraction of sp³-hybridized carbons (Fsp3) is 0.304. The van der Waals surface area contributed by atoms with Gasteiger partial charge in [-0.05, 0) is 99.9 Å². The lowest BCUT2D eigenvalue weighted by Gasteiger charge is -2.21. The molecule has 0 bridgehead atoms. The van der Waals surface area contributed by atoms with E-state index in [2.05, 4.69) is 164 Å². The number of aromatic nitrogens is 4. The second kappa shape index (κ2) is 13.5. The molecule has 0 atom stereocenters. The number of fused-ring (bicyclic) bond motifs is 3. The van der Waals surface area contributed by atoms with Gasteiger partial charge < -0.3 is 4.74 Å². The Balaban J connectivity index is 1.31. The molecule has 4 aromatic carbocycles. The van der Waals surface area contributed by atoms with Crippen LogP contribution in [0.3, 0.4) is 0 Å². The smallest absolute Gasteiger partial charge is 0.137 e. The molecular formula is C46H50N4O. The molecule has 260 valence electrons. The van der Waals surface area contributed by atoms with E-state index < -0.39 is 0 Å². The van der Waals surface area contributed by atoms with Gasteiger partial charge in [0.2, 0.25) is 0 Å². The van der Waals surface area contributed by atoms with Crippen molar-refractivity contribution in [3.05, 3.63) is 132 Å². The van der Waals surface area contributed by atoms with Gasteiger partial charge in [-0.1, -0.05) is 98.7 Å². The van der Waals surface area contributed by atoms with Crippen LogP contribution in [-0.4, -0.2) is 19.3 Å². The van der Waals surface area contributed by atoms with E-state index in [4.69, 9.17) is 14.8 Å². The summed E-state index contributed by atoms with van der Waals surface area (Å²) in [5.74, 6) is 3.84. The van der Waals surface area contributed by atoms with E-state index >= 15 is 0 Å². The van der Waals surface area contributed by atoms with Crippen LogP contribution in [0.25, 0.3) is 44.4 Å². The van der Waals surface area contributed by atoms with Gasteiger partial charge in [-0.15, -0.1) is 0 Å². The van der Waals surface area contributed by atoms with E-state index in [-0.39, 0.29) is 5.41 Å². The number of ether oxygens (including phenoxy) is 1. The van der Waals surface area contributed by atoms with Crippen molar-refractivity contribution in [2.24, 2.45) is 5.92 Å². The molecule has 0 aliphatic rings. The van der Waals surface area contributed by atoms with Crippen LogP contribution < -0.4 is 4.74 Å². The molecule has 3 heterocycles. The molecule has 0 aliphatic heterocycles. The third-order valence-electron chi connectivity index (χ3n) is 9.83. The quantitative estimate of drug-likeness (QED) is 0.153. The monoisotopic (exact) mass is 674 g/mol. The molecule has 51 heavy (non-hydrogen) atoms. The van der Waals surface area contributed by atoms with E-state index in [1.165, 1.54) is 38.6 Å². The maximum atomic E-state index is 6.77. The van der Waals surface area contributed by atoms with E-state index in [0.717, 1.165) is 46.0 Å². The third kappa shape index (κ3) is 6.82. The van der Waals surface area contributed by atoms with Crippen LogP contribution in [0.5, 0.6) is 11.5 Å². The molecule has 0 saturated carbocycles. The number of hydrogen-bond acceptors (Lipinski definition) is 3. The van der Waals surface area contributed by atoms with Crippen LogP contribution in [0.15, 0.2) is 110 Å². The number of para-hydroxylation sites is 1. The number of benzene rings is 4. The molecule has 0 amide bonds. The van der Waals surface area contributed by atoms with Crippen molar-refractivity contribution >= 4 is 21.8 Å². The highest BCUT2D eigenvalue weighted by Gasteiger charge is 2.21. The van der Waals surface area contributed by atoms with Crippen molar-refractivity contribution in [2.45, 2.75) is 86.0 Å². The van der Waals surface area contributed by atoms with Gasteiger partial charge in [0.15, 0.2) is 0 Å². The van der Waals surface area contributed by atoms with Gasteiger partial charge in [-0.3, -0.25) is 4.57 Å². The summed E-state index contributed by atoms with van der Waals surface area (Å²) >= 11 is 0. The minimum atomic E-state index is -0.0950. The molecule has 0 fully saturated rings.